The van der Waals surface area contributed by atoms with E-state index in [9.17, 15) is 0 Å². The Labute approximate surface area is 103 Å². The van der Waals surface area contributed by atoms with Crippen LogP contribution in [0.25, 0.3) is 0 Å². The van der Waals surface area contributed by atoms with E-state index in [1.807, 2.05) is 0 Å². The first-order valence-corrected chi connectivity index (χ1v) is 6.03. The third-order valence-electron chi connectivity index (χ3n) is 2.31. The van der Waals surface area contributed by atoms with E-state index in [4.69, 9.17) is 0 Å². The maximum atomic E-state index is 2.31. The molecule has 0 aromatic heterocycles. The Bertz CT molecular complexity index is 343. The predicted molar refractivity (Wildman–Crippen MR) is 58.7 cm³/mol. The van der Waals surface area contributed by atoms with Gasteiger partial charge in [0.1, 0.15) is 0 Å². The number of allylic oxidation sites excluding steroid dienone is 4. The van der Waals surface area contributed by atoms with Gasteiger partial charge in [0.15, 0.2) is 0 Å². The van der Waals surface area contributed by atoms with Crippen molar-refractivity contribution in [3.63, 3.8) is 0 Å². The van der Waals surface area contributed by atoms with Crippen molar-refractivity contribution in [2.75, 3.05) is 0 Å². The molecule has 66 valence electrons. The molecule has 0 spiro atoms. The zero-order valence-corrected chi connectivity index (χ0v) is 10.8. The molecule has 0 fully saturated rings. The van der Waals surface area contributed by atoms with Gasteiger partial charge in [0, 0.05) is 5.92 Å². The van der Waals surface area contributed by atoms with E-state index in [-0.39, 0.29) is 21.7 Å². The van der Waals surface area contributed by atoms with Gasteiger partial charge in [-0.1, -0.05) is 60.3 Å². The normalized spacial score (nSPS) is 14.4. The Hall–Kier alpha value is -0.369. The van der Waals surface area contributed by atoms with Crippen LogP contribution in [0, 0.1) is 0 Å². The third-order valence-corrected chi connectivity index (χ3v) is 3.20. The summed E-state index contributed by atoms with van der Waals surface area (Å²) < 4.78 is 0. The fourth-order valence-corrected chi connectivity index (χ4v) is 2.13. The summed E-state index contributed by atoms with van der Waals surface area (Å²) in [7, 11) is 0.894. The van der Waals surface area contributed by atoms with Gasteiger partial charge in [-0.05, 0) is 5.56 Å². The summed E-state index contributed by atoms with van der Waals surface area (Å²) in [6, 6.07) is 8.86. The molecule has 1 aromatic rings. The molecule has 0 amide bonds. The molecular formula is C12H12SiTi+2. The zero-order chi connectivity index (χ0) is 9.10. The van der Waals surface area contributed by atoms with Crippen LogP contribution in [0.3, 0.4) is 0 Å². The number of benzene rings is 1. The molecule has 0 heterocycles. The minimum Gasteiger partial charge on any atom is -0.0732 e. The fraction of sp³-hybridized carbons (Fsp3) is 0.167. The molecule has 2 radical (unpaired) electrons. The second-order valence-corrected chi connectivity index (χ2v) is 4.25. The largest absolute Gasteiger partial charge is 2.00 e. The summed E-state index contributed by atoms with van der Waals surface area (Å²) in [6.07, 6.45) is 8.70. The van der Waals surface area contributed by atoms with Crippen LogP contribution in [0.1, 0.15) is 11.5 Å². The van der Waals surface area contributed by atoms with Crippen LogP contribution >= 0.6 is 0 Å². The fourth-order valence-electron chi connectivity index (χ4n) is 1.56. The van der Waals surface area contributed by atoms with E-state index in [1.165, 1.54) is 10.8 Å². The van der Waals surface area contributed by atoms with Crippen LogP contribution in [0.15, 0.2) is 48.6 Å². The third kappa shape index (κ3) is 2.57. The average Bonchev–Trinajstić information content (AvgIpc) is 2.71. The molecule has 1 aliphatic carbocycles. The van der Waals surface area contributed by atoms with E-state index >= 15 is 0 Å². The van der Waals surface area contributed by atoms with E-state index in [2.05, 4.69) is 55.1 Å². The van der Waals surface area contributed by atoms with E-state index in [0.29, 0.717) is 5.92 Å². The number of hydrogen-bond donors (Lipinski definition) is 0. The summed E-state index contributed by atoms with van der Waals surface area (Å²) in [5.74, 6) is 0.510. The van der Waals surface area contributed by atoms with Crippen LogP contribution in [-0.2, 0) is 21.7 Å². The van der Waals surface area contributed by atoms with E-state index < -0.39 is 0 Å². The summed E-state index contributed by atoms with van der Waals surface area (Å²) in [5.41, 5.74) is 1.41. The molecule has 0 N–H and O–H groups in total. The van der Waals surface area contributed by atoms with Crippen molar-refractivity contribution in [2.45, 2.75) is 12.5 Å². The van der Waals surface area contributed by atoms with Gasteiger partial charge in [0.25, 0.3) is 0 Å². The first-order chi connectivity index (χ1) is 6.40. The molecule has 0 nitrogen and oxygen atoms in total. The molecule has 1 aromatic carbocycles. The Morgan fingerprint density at radius 3 is 2.50 bits per heavy atom. The van der Waals surface area contributed by atoms with E-state index in [1.54, 1.807) is 0 Å². The van der Waals surface area contributed by atoms with Crippen LogP contribution in [0.5, 0.6) is 0 Å². The van der Waals surface area contributed by atoms with Crippen molar-refractivity contribution < 1.29 is 21.7 Å². The molecular weight excluding hydrogens is 220 g/mol. The molecule has 0 unspecified atom stereocenters. The van der Waals surface area contributed by atoms with Gasteiger partial charge < -0.3 is 0 Å². The molecule has 0 saturated heterocycles. The Morgan fingerprint density at radius 2 is 1.86 bits per heavy atom. The summed E-state index contributed by atoms with van der Waals surface area (Å²) >= 11 is 0. The average molecular weight is 232 g/mol. The van der Waals surface area contributed by atoms with Gasteiger partial charge in [0.2, 0.25) is 0 Å². The first kappa shape index (κ1) is 11.7. The molecule has 2 heteroatoms. The first-order valence-electron chi connectivity index (χ1n) is 4.53. The van der Waals surface area contributed by atoms with Crippen molar-refractivity contribution >= 4 is 14.7 Å². The molecule has 0 atom stereocenters. The number of hydrogen-bond acceptors (Lipinski definition) is 0. The standard InChI is InChI=1S/C12H12Si.Ti/c1-13-12-8-4-7-11(9-12)10-5-2-3-6-10;/h2-10H,1H3;/q;+2. The summed E-state index contributed by atoms with van der Waals surface area (Å²) in [6.45, 7) is 2.22. The zero-order valence-electron chi connectivity index (χ0n) is 8.20. The minimum atomic E-state index is 0. The second kappa shape index (κ2) is 5.50. The summed E-state index contributed by atoms with van der Waals surface area (Å²) in [5, 5.41) is 1.45. The van der Waals surface area contributed by atoms with Gasteiger partial charge >= 0.3 is 21.7 Å². The Balaban J connectivity index is 0.000000980. The van der Waals surface area contributed by atoms with Gasteiger partial charge in [0.05, 0.1) is 9.52 Å². The quantitative estimate of drug-likeness (QED) is 0.686. The SMILES string of the molecule is C[Si]c1cccc(C2C=CC=C2)c1.[Ti+2]. The van der Waals surface area contributed by atoms with Gasteiger partial charge in [-0.25, -0.2) is 0 Å². The maximum absolute atomic E-state index is 2.31. The van der Waals surface area contributed by atoms with E-state index in [0.717, 1.165) is 9.52 Å². The van der Waals surface area contributed by atoms with Crippen molar-refractivity contribution in [3.05, 3.63) is 54.1 Å². The monoisotopic (exact) mass is 232 g/mol. The molecule has 1 aliphatic rings. The molecule has 2 rings (SSSR count). The second-order valence-electron chi connectivity index (χ2n) is 3.17. The van der Waals surface area contributed by atoms with Crippen LogP contribution in [0.4, 0.5) is 0 Å². The van der Waals surface area contributed by atoms with Crippen LogP contribution < -0.4 is 5.19 Å². The summed E-state index contributed by atoms with van der Waals surface area (Å²) in [4.78, 5) is 0. The smallest absolute Gasteiger partial charge is 0.0732 e. The van der Waals surface area contributed by atoms with Crippen molar-refractivity contribution in [1.82, 2.24) is 0 Å². The maximum Gasteiger partial charge on any atom is 2.00 e. The van der Waals surface area contributed by atoms with Gasteiger partial charge in [-0.3, -0.25) is 0 Å². The van der Waals surface area contributed by atoms with Gasteiger partial charge in [-0.15, -0.1) is 0 Å². The Morgan fingerprint density at radius 1 is 1.14 bits per heavy atom. The predicted octanol–water partition coefficient (Wildman–Crippen LogP) is 2.27. The van der Waals surface area contributed by atoms with Crippen molar-refractivity contribution in [3.8, 4) is 0 Å². The number of rotatable bonds is 2. The topological polar surface area (TPSA) is 0 Å². The van der Waals surface area contributed by atoms with Crippen molar-refractivity contribution in [1.29, 1.82) is 0 Å². The Kier molecular flexibility index (Phi) is 4.60. The van der Waals surface area contributed by atoms with Crippen molar-refractivity contribution in [2.24, 2.45) is 0 Å². The molecule has 0 bridgehead atoms. The van der Waals surface area contributed by atoms with Crippen LogP contribution in [0.2, 0.25) is 6.55 Å². The minimum absolute atomic E-state index is 0. The molecule has 0 saturated carbocycles. The van der Waals surface area contributed by atoms with Crippen LogP contribution in [-0.4, -0.2) is 9.52 Å². The molecule has 14 heavy (non-hydrogen) atoms. The van der Waals surface area contributed by atoms with Gasteiger partial charge in [-0.2, -0.15) is 0 Å². The molecule has 0 aliphatic heterocycles.